The Morgan fingerprint density at radius 2 is 2.05 bits per heavy atom. The van der Waals surface area contributed by atoms with Gasteiger partial charge in [0.05, 0.1) is 18.1 Å². The number of likely N-dealkylation sites (tertiary alicyclic amines) is 1. The predicted octanol–water partition coefficient (Wildman–Crippen LogP) is 1.06. The molecule has 1 unspecified atom stereocenters. The van der Waals surface area contributed by atoms with Gasteiger partial charge in [-0.15, -0.1) is 0 Å². The number of hydrogen-bond donors (Lipinski definition) is 2. The minimum absolute atomic E-state index is 0.100. The van der Waals surface area contributed by atoms with E-state index in [1.807, 2.05) is 6.92 Å². The zero-order valence-electron chi connectivity index (χ0n) is 11.4. The standard InChI is InChI=1S/C13H22N2O4/c1-13(5-2-8-19-9-13)14-12(18)15-6-3-10(4-7-15)11(16)17/h10H,2-9H2,1H3,(H,14,18)(H,16,17). The van der Waals surface area contributed by atoms with E-state index >= 15 is 0 Å². The maximum atomic E-state index is 12.2. The van der Waals surface area contributed by atoms with E-state index in [0.717, 1.165) is 19.4 Å². The number of carboxylic acids is 1. The average molecular weight is 270 g/mol. The van der Waals surface area contributed by atoms with Crippen LogP contribution in [0, 0.1) is 5.92 Å². The Bertz CT molecular complexity index is 345. The monoisotopic (exact) mass is 270 g/mol. The van der Waals surface area contributed by atoms with E-state index in [-0.39, 0.29) is 17.5 Å². The van der Waals surface area contributed by atoms with Crippen molar-refractivity contribution < 1.29 is 19.4 Å². The van der Waals surface area contributed by atoms with Crippen LogP contribution in [0.15, 0.2) is 0 Å². The number of hydrogen-bond acceptors (Lipinski definition) is 3. The zero-order valence-corrected chi connectivity index (χ0v) is 11.4. The van der Waals surface area contributed by atoms with Gasteiger partial charge in [-0.1, -0.05) is 0 Å². The van der Waals surface area contributed by atoms with Crippen molar-refractivity contribution in [1.29, 1.82) is 0 Å². The van der Waals surface area contributed by atoms with Gasteiger partial charge in [0.25, 0.3) is 0 Å². The molecule has 6 nitrogen and oxygen atoms in total. The number of carboxylic acid groups (broad SMARTS) is 1. The van der Waals surface area contributed by atoms with Gasteiger partial charge in [-0.25, -0.2) is 4.79 Å². The van der Waals surface area contributed by atoms with Crippen molar-refractivity contribution in [3.63, 3.8) is 0 Å². The van der Waals surface area contributed by atoms with Crippen LogP contribution in [0.5, 0.6) is 0 Å². The number of nitrogens with zero attached hydrogens (tertiary/aromatic N) is 1. The lowest BCUT2D eigenvalue weighted by Gasteiger charge is -2.38. The number of amides is 2. The second-order valence-corrected chi connectivity index (χ2v) is 5.75. The van der Waals surface area contributed by atoms with Gasteiger partial charge in [0.15, 0.2) is 0 Å². The number of carbonyl (C=O) groups is 2. The molecule has 0 aliphatic carbocycles. The first-order chi connectivity index (χ1) is 9.00. The quantitative estimate of drug-likeness (QED) is 0.786. The van der Waals surface area contributed by atoms with Crippen LogP contribution in [0.25, 0.3) is 0 Å². The molecular formula is C13H22N2O4. The van der Waals surface area contributed by atoms with Crippen molar-refractivity contribution in [2.75, 3.05) is 26.3 Å². The number of nitrogens with one attached hydrogen (secondary N) is 1. The summed E-state index contributed by atoms with van der Waals surface area (Å²) in [6.45, 7) is 4.33. The number of ether oxygens (including phenoxy) is 1. The molecule has 2 aliphatic rings. The molecule has 2 heterocycles. The molecular weight excluding hydrogens is 248 g/mol. The van der Waals surface area contributed by atoms with E-state index in [0.29, 0.717) is 32.5 Å². The van der Waals surface area contributed by atoms with Gasteiger partial charge < -0.3 is 20.1 Å². The SMILES string of the molecule is CC1(NC(=O)N2CCC(C(=O)O)CC2)CCCOC1. The molecule has 0 saturated carbocycles. The van der Waals surface area contributed by atoms with Crippen molar-refractivity contribution in [3.8, 4) is 0 Å². The fourth-order valence-corrected chi connectivity index (χ4v) is 2.70. The fourth-order valence-electron chi connectivity index (χ4n) is 2.70. The van der Waals surface area contributed by atoms with Gasteiger partial charge in [0, 0.05) is 19.7 Å². The molecule has 2 saturated heterocycles. The molecule has 0 bridgehead atoms. The van der Waals surface area contributed by atoms with Gasteiger partial charge in [0.2, 0.25) is 0 Å². The maximum absolute atomic E-state index is 12.2. The van der Waals surface area contributed by atoms with Crippen LogP contribution < -0.4 is 5.32 Å². The van der Waals surface area contributed by atoms with E-state index < -0.39 is 5.97 Å². The molecule has 6 heteroatoms. The number of rotatable bonds is 2. The van der Waals surface area contributed by atoms with Crippen LogP contribution in [0.1, 0.15) is 32.6 Å². The molecule has 2 N–H and O–H groups in total. The van der Waals surface area contributed by atoms with Crippen molar-refractivity contribution in [3.05, 3.63) is 0 Å². The van der Waals surface area contributed by atoms with Crippen LogP contribution in [-0.2, 0) is 9.53 Å². The summed E-state index contributed by atoms with van der Waals surface area (Å²) in [5.41, 5.74) is -0.293. The Labute approximate surface area is 113 Å². The zero-order chi connectivity index (χ0) is 13.9. The molecule has 1 atom stereocenters. The van der Waals surface area contributed by atoms with E-state index in [9.17, 15) is 9.59 Å². The fraction of sp³-hybridized carbons (Fsp3) is 0.846. The molecule has 19 heavy (non-hydrogen) atoms. The number of piperidine rings is 1. The highest BCUT2D eigenvalue weighted by Gasteiger charge is 2.33. The Kier molecular flexibility index (Phi) is 4.29. The third-order valence-electron chi connectivity index (χ3n) is 3.98. The Morgan fingerprint density at radius 1 is 1.37 bits per heavy atom. The Hall–Kier alpha value is -1.30. The van der Waals surface area contributed by atoms with Crippen molar-refractivity contribution in [2.45, 2.75) is 38.1 Å². The van der Waals surface area contributed by atoms with Crippen molar-refractivity contribution in [1.82, 2.24) is 10.2 Å². The molecule has 2 aliphatic heterocycles. The molecule has 108 valence electrons. The van der Waals surface area contributed by atoms with Crippen molar-refractivity contribution in [2.24, 2.45) is 5.92 Å². The lowest BCUT2D eigenvalue weighted by Crippen LogP contribution is -2.56. The molecule has 0 aromatic carbocycles. The normalized spacial score (nSPS) is 29.0. The summed E-state index contributed by atoms with van der Waals surface area (Å²) in [6, 6.07) is -0.100. The summed E-state index contributed by atoms with van der Waals surface area (Å²) in [6.07, 6.45) is 2.95. The molecule has 0 aromatic rings. The summed E-state index contributed by atoms with van der Waals surface area (Å²) in [4.78, 5) is 24.7. The smallest absolute Gasteiger partial charge is 0.317 e. The molecule has 2 amide bonds. The summed E-state index contributed by atoms with van der Waals surface area (Å²) >= 11 is 0. The first-order valence-corrected chi connectivity index (χ1v) is 6.88. The lowest BCUT2D eigenvalue weighted by molar-refractivity contribution is -0.143. The van der Waals surface area contributed by atoms with Crippen LogP contribution in [0.3, 0.4) is 0 Å². The van der Waals surface area contributed by atoms with Crippen LogP contribution >= 0.6 is 0 Å². The maximum Gasteiger partial charge on any atom is 0.317 e. The van der Waals surface area contributed by atoms with Gasteiger partial charge in [-0.2, -0.15) is 0 Å². The Balaban J connectivity index is 1.82. The van der Waals surface area contributed by atoms with Crippen LogP contribution in [-0.4, -0.2) is 53.8 Å². The minimum Gasteiger partial charge on any atom is -0.481 e. The van der Waals surface area contributed by atoms with Crippen LogP contribution in [0.4, 0.5) is 4.79 Å². The predicted molar refractivity (Wildman–Crippen MR) is 68.9 cm³/mol. The molecule has 2 fully saturated rings. The largest absolute Gasteiger partial charge is 0.481 e. The first kappa shape index (κ1) is 14.1. The third-order valence-corrected chi connectivity index (χ3v) is 3.98. The topological polar surface area (TPSA) is 78.9 Å². The number of carbonyl (C=O) groups excluding carboxylic acids is 1. The second kappa shape index (κ2) is 5.77. The van der Waals surface area contributed by atoms with E-state index in [1.54, 1.807) is 4.90 Å². The number of aliphatic carboxylic acids is 1. The molecule has 0 aromatic heterocycles. The molecule has 0 spiro atoms. The van der Waals surface area contributed by atoms with Crippen LogP contribution in [0.2, 0.25) is 0 Å². The summed E-state index contributed by atoms with van der Waals surface area (Å²) in [5.74, 6) is -1.06. The van der Waals surface area contributed by atoms with Gasteiger partial charge in [-0.3, -0.25) is 4.79 Å². The third kappa shape index (κ3) is 3.59. The number of urea groups is 1. The van der Waals surface area contributed by atoms with E-state index in [4.69, 9.17) is 9.84 Å². The van der Waals surface area contributed by atoms with Gasteiger partial charge in [-0.05, 0) is 32.6 Å². The second-order valence-electron chi connectivity index (χ2n) is 5.75. The highest BCUT2D eigenvalue weighted by atomic mass is 16.5. The summed E-state index contributed by atoms with van der Waals surface area (Å²) < 4.78 is 5.41. The average Bonchev–Trinajstić information content (AvgIpc) is 2.39. The highest BCUT2D eigenvalue weighted by molar-refractivity contribution is 5.76. The minimum atomic E-state index is -0.757. The van der Waals surface area contributed by atoms with Gasteiger partial charge in [0.1, 0.15) is 0 Å². The first-order valence-electron chi connectivity index (χ1n) is 6.88. The molecule has 2 rings (SSSR count). The summed E-state index contributed by atoms with van der Waals surface area (Å²) in [5, 5.41) is 12.0. The van der Waals surface area contributed by atoms with E-state index in [1.165, 1.54) is 0 Å². The highest BCUT2D eigenvalue weighted by Crippen LogP contribution is 2.21. The van der Waals surface area contributed by atoms with E-state index in [2.05, 4.69) is 5.32 Å². The van der Waals surface area contributed by atoms with Crippen molar-refractivity contribution >= 4 is 12.0 Å². The summed E-state index contributed by atoms with van der Waals surface area (Å²) in [7, 11) is 0. The van der Waals surface area contributed by atoms with Gasteiger partial charge >= 0.3 is 12.0 Å². The lowest BCUT2D eigenvalue weighted by atomic mass is 9.94. The molecule has 0 radical (unpaired) electrons. The Morgan fingerprint density at radius 3 is 2.58 bits per heavy atom.